The molecule has 3 aliphatic rings. The van der Waals surface area contributed by atoms with Gasteiger partial charge in [0.25, 0.3) is 0 Å². The molecule has 3 fully saturated rings. The van der Waals surface area contributed by atoms with E-state index in [1.807, 2.05) is 44.2 Å². The summed E-state index contributed by atoms with van der Waals surface area (Å²) in [4.78, 5) is 45.6. The zero-order valence-electron chi connectivity index (χ0n) is 22.6. The van der Waals surface area contributed by atoms with Crippen LogP contribution in [0.15, 0.2) is 55.6 Å². The van der Waals surface area contributed by atoms with Crippen LogP contribution < -0.4 is 0 Å². The number of likely N-dealkylation sites (tertiary alicyclic amines) is 1. The topological polar surface area (TPSA) is 87.2 Å². The predicted molar refractivity (Wildman–Crippen MR) is 149 cm³/mol. The Morgan fingerprint density at radius 2 is 1.97 bits per heavy atom. The molecule has 1 aromatic carbocycles. The number of fused-ring (bicyclic) bond motifs is 1. The molecule has 1 aromatic rings. The zero-order chi connectivity index (χ0) is 27.6. The lowest BCUT2D eigenvalue weighted by atomic mass is 9.66. The summed E-state index contributed by atoms with van der Waals surface area (Å²) in [5.41, 5.74) is 0.970. The quantitative estimate of drug-likeness (QED) is 0.248. The van der Waals surface area contributed by atoms with Crippen LogP contribution in [-0.2, 0) is 25.5 Å². The van der Waals surface area contributed by atoms with E-state index in [1.54, 1.807) is 33.7 Å². The van der Waals surface area contributed by atoms with Gasteiger partial charge in [-0.2, -0.15) is 0 Å². The lowest BCUT2D eigenvalue weighted by molar-refractivity contribution is -0.154. The zero-order valence-corrected chi connectivity index (χ0v) is 23.4. The highest BCUT2D eigenvalue weighted by Gasteiger charge is 2.77. The number of thioether (sulfide) groups is 1. The van der Waals surface area contributed by atoms with Gasteiger partial charge in [-0.25, -0.2) is 0 Å². The lowest BCUT2D eigenvalue weighted by Gasteiger charge is -2.42. The van der Waals surface area contributed by atoms with Crippen LogP contribution in [0.4, 0.5) is 0 Å². The number of esters is 1. The number of ether oxygens (including phenoxy) is 1. The van der Waals surface area contributed by atoms with Crippen molar-refractivity contribution in [3.8, 4) is 0 Å². The maximum atomic E-state index is 14.4. The molecule has 0 saturated carbocycles. The van der Waals surface area contributed by atoms with E-state index < -0.39 is 28.7 Å². The van der Waals surface area contributed by atoms with E-state index in [0.29, 0.717) is 19.4 Å². The standard InChI is InChI=1S/C30H40N2O5S/c1-6-8-15-37-29(36)24-23-16-20(5)30(38-23)25(24)27(34)32(22(18-33)17-21-12-10-9-11-13-21)26(30)28(35)31(14-7-2)19(3)4/h6-7,9-13,19-20,22-26,33H,1-2,8,14-18H2,3-5H3/t20?,22-,23+,24-,25+,26?,30?/m1/s1. The smallest absolute Gasteiger partial charge is 0.310 e. The number of hydrogen-bond donors (Lipinski definition) is 1. The van der Waals surface area contributed by atoms with Crippen molar-refractivity contribution in [2.45, 2.75) is 68.2 Å². The molecule has 7 atom stereocenters. The number of benzene rings is 1. The summed E-state index contributed by atoms with van der Waals surface area (Å²) < 4.78 is 4.83. The molecule has 0 aromatic heterocycles. The molecule has 0 aliphatic carbocycles. The molecule has 7 nitrogen and oxygen atoms in total. The average Bonchev–Trinajstić information content (AvgIpc) is 3.49. The highest BCUT2D eigenvalue weighted by Crippen LogP contribution is 2.69. The fraction of sp³-hybridized carbons (Fsp3) is 0.567. The first kappa shape index (κ1) is 28.4. The number of nitrogens with zero attached hydrogens (tertiary/aromatic N) is 2. The Morgan fingerprint density at radius 3 is 2.58 bits per heavy atom. The molecule has 3 heterocycles. The van der Waals surface area contributed by atoms with Crippen LogP contribution in [-0.4, -0.2) is 80.6 Å². The van der Waals surface area contributed by atoms with Gasteiger partial charge in [0.1, 0.15) is 6.04 Å². The van der Waals surface area contributed by atoms with Gasteiger partial charge in [-0.05, 0) is 44.6 Å². The number of carbonyl (C=O) groups is 3. The molecule has 4 rings (SSSR count). The third-order valence-electron chi connectivity index (χ3n) is 8.41. The Morgan fingerprint density at radius 1 is 1.26 bits per heavy atom. The van der Waals surface area contributed by atoms with Crippen LogP contribution in [0.1, 0.15) is 39.2 Å². The van der Waals surface area contributed by atoms with Gasteiger partial charge in [0.15, 0.2) is 0 Å². The minimum Gasteiger partial charge on any atom is -0.465 e. The lowest BCUT2D eigenvalue weighted by Crippen LogP contribution is -2.60. The van der Waals surface area contributed by atoms with E-state index in [4.69, 9.17) is 4.74 Å². The van der Waals surface area contributed by atoms with E-state index in [9.17, 15) is 19.5 Å². The van der Waals surface area contributed by atoms with Gasteiger partial charge >= 0.3 is 5.97 Å². The summed E-state index contributed by atoms with van der Waals surface area (Å²) in [5.74, 6) is -2.00. The van der Waals surface area contributed by atoms with Gasteiger partial charge in [0.2, 0.25) is 11.8 Å². The normalized spacial score (nSPS) is 30.3. The Bertz CT molecular complexity index is 1060. The highest BCUT2D eigenvalue weighted by molar-refractivity contribution is 8.02. The Labute approximate surface area is 230 Å². The Kier molecular flexibility index (Phi) is 8.72. The van der Waals surface area contributed by atoms with E-state index in [2.05, 4.69) is 20.1 Å². The van der Waals surface area contributed by atoms with Crippen LogP contribution in [0.2, 0.25) is 0 Å². The molecule has 1 N–H and O–H groups in total. The summed E-state index contributed by atoms with van der Waals surface area (Å²) in [6.07, 6.45) is 5.08. The summed E-state index contributed by atoms with van der Waals surface area (Å²) in [6, 6.07) is 8.19. The minimum absolute atomic E-state index is 0.0384. The van der Waals surface area contributed by atoms with Gasteiger partial charge in [-0.3, -0.25) is 14.4 Å². The monoisotopic (exact) mass is 540 g/mol. The van der Waals surface area contributed by atoms with Gasteiger partial charge in [0.05, 0.1) is 35.8 Å². The first-order chi connectivity index (χ1) is 18.2. The molecule has 2 amide bonds. The molecule has 3 saturated heterocycles. The molecule has 2 bridgehead atoms. The maximum absolute atomic E-state index is 14.4. The summed E-state index contributed by atoms with van der Waals surface area (Å²) >= 11 is 1.62. The number of hydrogen-bond acceptors (Lipinski definition) is 6. The van der Waals surface area contributed by atoms with Crippen LogP contribution in [0.5, 0.6) is 0 Å². The second-order valence-corrected chi connectivity index (χ2v) is 12.5. The Balaban J connectivity index is 1.79. The minimum atomic E-state index is -0.792. The van der Waals surface area contributed by atoms with Gasteiger partial charge in [-0.1, -0.05) is 49.4 Å². The summed E-state index contributed by atoms with van der Waals surface area (Å²) in [5, 5.41) is 10.5. The third-order valence-corrected chi connectivity index (χ3v) is 10.5. The molecule has 206 valence electrons. The largest absolute Gasteiger partial charge is 0.465 e. The predicted octanol–water partition coefficient (Wildman–Crippen LogP) is 3.47. The fourth-order valence-electron chi connectivity index (χ4n) is 6.73. The number of aliphatic hydroxyl groups excluding tert-OH is 1. The van der Waals surface area contributed by atoms with Crippen molar-refractivity contribution in [2.75, 3.05) is 19.8 Å². The molecule has 1 spiro atoms. The van der Waals surface area contributed by atoms with Crippen LogP contribution >= 0.6 is 11.8 Å². The number of carbonyl (C=O) groups excluding carboxylic acids is 3. The Hall–Kier alpha value is -2.58. The first-order valence-electron chi connectivity index (χ1n) is 13.6. The molecule has 8 heteroatoms. The van der Waals surface area contributed by atoms with Gasteiger partial charge in [-0.15, -0.1) is 24.9 Å². The van der Waals surface area contributed by atoms with Gasteiger partial charge < -0.3 is 19.6 Å². The van der Waals surface area contributed by atoms with Crippen LogP contribution in [0.3, 0.4) is 0 Å². The van der Waals surface area contributed by atoms with E-state index in [-0.39, 0.29) is 48.2 Å². The number of amides is 2. The van der Waals surface area contributed by atoms with E-state index >= 15 is 0 Å². The van der Waals surface area contributed by atoms with Crippen LogP contribution in [0, 0.1) is 17.8 Å². The summed E-state index contributed by atoms with van der Waals surface area (Å²) in [6.45, 7) is 13.8. The van der Waals surface area contributed by atoms with Crippen molar-refractivity contribution in [1.82, 2.24) is 9.80 Å². The van der Waals surface area contributed by atoms with E-state index in [1.165, 1.54) is 0 Å². The van der Waals surface area contributed by atoms with Crippen molar-refractivity contribution in [2.24, 2.45) is 17.8 Å². The van der Waals surface area contributed by atoms with E-state index in [0.717, 1.165) is 12.0 Å². The molecule has 3 unspecified atom stereocenters. The first-order valence-corrected chi connectivity index (χ1v) is 14.4. The number of rotatable bonds is 12. The average molecular weight is 541 g/mol. The second-order valence-electron chi connectivity index (χ2n) is 10.9. The molecule has 3 aliphatic heterocycles. The SMILES string of the molecule is C=CCCOC(=O)[C@@H]1[C@@H]2CC(C)C3(S2)C(C(=O)N(CC=C)C(C)C)N([C@@H](CO)Cc2ccccc2)C(=O)[C@H]13. The maximum Gasteiger partial charge on any atom is 0.310 e. The summed E-state index contributed by atoms with van der Waals surface area (Å²) in [7, 11) is 0. The molecular weight excluding hydrogens is 500 g/mol. The highest BCUT2D eigenvalue weighted by atomic mass is 32.2. The van der Waals surface area contributed by atoms with Crippen LogP contribution in [0.25, 0.3) is 0 Å². The van der Waals surface area contributed by atoms with Gasteiger partial charge in [0, 0.05) is 17.8 Å². The van der Waals surface area contributed by atoms with Crippen molar-refractivity contribution >= 4 is 29.5 Å². The fourth-order valence-corrected chi connectivity index (χ4v) is 9.12. The van der Waals surface area contributed by atoms with Crippen molar-refractivity contribution < 1.29 is 24.2 Å². The van der Waals surface area contributed by atoms with Crippen molar-refractivity contribution in [3.05, 3.63) is 61.2 Å². The number of aliphatic hydroxyl groups is 1. The molecular formula is C30H40N2O5S. The second kappa shape index (κ2) is 11.7. The third kappa shape index (κ3) is 4.70. The van der Waals surface area contributed by atoms with Crippen molar-refractivity contribution in [1.29, 1.82) is 0 Å². The van der Waals surface area contributed by atoms with Crippen molar-refractivity contribution in [3.63, 3.8) is 0 Å². The molecule has 0 radical (unpaired) electrons. The molecule has 38 heavy (non-hydrogen) atoms.